The van der Waals surface area contributed by atoms with Crippen molar-refractivity contribution in [2.45, 2.75) is 25.4 Å². The molecule has 21 heavy (non-hydrogen) atoms. The van der Waals surface area contributed by atoms with Crippen LogP contribution in [0.25, 0.3) is 0 Å². The molecule has 1 heterocycles. The lowest BCUT2D eigenvalue weighted by Crippen LogP contribution is -2.30. The summed E-state index contributed by atoms with van der Waals surface area (Å²) >= 11 is 0. The molecule has 0 aromatic heterocycles. The zero-order chi connectivity index (χ0) is 15.3. The average Bonchev–Trinajstić information content (AvgIpc) is 2.92. The molecule has 2 rings (SSSR count). The molecule has 0 radical (unpaired) electrons. The highest BCUT2D eigenvalue weighted by Gasteiger charge is 2.29. The number of methoxy groups -OCH3 is 2. The predicted molar refractivity (Wildman–Crippen MR) is 83.2 cm³/mol. The fourth-order valence-corrected chi connectivity index (χ4v) is 2.32. The summed E-state index contributed by atoms with van der Waals surface area (Å²) < 4.78 is 16.1. The lowest BCUT2D eigenvalue weighted by atomic mass is 10.0. The van der Waals surface area contributed by atoms with Crippen LogP contribution in [0.1, 0.15) is 19.8 Å². The van der Waals surface area contributed by atoms with Gasteiger partial charge in [0.25, 0.3) is 0 Å². The molecule has 1 aliphatic heterocycles. The first-order valence-corrected chi connectivity index (χ1v) is 6.99. The lowest BCUT2D eigenvalue weighted by molar-refractivity contribution is 0.0284. The second kappa shape index (κ2) is 6.67. The van der Waals surface area contributed by atoms with Crippen molar-refractivity contribution in [2.24, 2.45) is 10.7 Å². The molecular weight excluding hydrogens is 270 g/mol. The van der Waals surface area contributed by atoms with Crippen LogP contribution in [0.5, 0.6) is 11.5 Å². The van der Waals surface area contributed by atoms with Crippen molar-refractivity contribution in [3.05, 3.63) is 18.2 Å². The quantitative estimate of drug-likeness (QED) is 0.641. The topological polar surface area (TPSA) is 78.1 Å². The zero-order valence-electron chi connectivity index (χ0n) is 12.8. The van der Waals surface area contributed by atoms with Crippen molar-refractivity contribution in [1.29, 1.82) is 0 Å². The van der Waals surface area contributed by atoms with Gasteiger partial charge in [0.15, 0.2) is 17.5 Å². The Morgan fingerprint density at radius 3 is 2.76 bits per heavy atom. The van der Waals surface area contributed by atoms with Crippen LogP contribution in [0.4, 0.5) is 5.69 Å². The van der Waals surface area contributed by atoms with Gasteiger partial charge in [-0.3, -0.25) is 4.99 Å². The Morgan fingerprint density at radius 1 is 1.38 bits per heavy atom. The van der Waals surface area contributed by atoms with Crippen molar-refractivity contribution in [3.8, 4) is 11.5 Å². The third-order valence-electron chi connectivity index (χ3n) is 3.54. The van der Waals surface area contributed by atoms with Crippen molar-refractivity contribution < 1.29 is 14.2 Å². The Balaban J connectivity index is 2.00. The minimum absolute atomic E-state index is 0.191. The first-order chi connectivity index (χ1) is 10.1. The highest BCUT2D eigenvalue weighted by atomic mass is 16.5. The summed E-state index contributed by atoms with van der Waals surface area (Å²) in [4.78, 5) is 4.36. The number of anilines is 1. The summed E-state index contributed by atoms with van der Waals surface area (Å²) in [6, 6.07) is 5.49. The highest BCUT2D eigenvalue weighted by molar-refractivity contribution is 5.92. The maximum Gasteiger partial charge on any atom is 0.193 e. The number of nitrogens with two attached hydrogens (primary N) is 1. The number of nitrogens with one attached hydrogen (secondary N) is 1. The number of benzene rings is 1. The summed E-state index contributed by atoms with van der Waals surface area (Å²) in [6.45, 7) is 3.42. The van der Waals surface area contributed by atoms with Gasteiger partial charge in [0.1, 0.15) is 0 Å². The monoisotopic (exact) mass is 293 g/mol. The summed E-state index contributed by atoms with van der Waals surface area (Å²) in [6.07, 6.45) is 2.09. The van der Waals surface area contributed by atoms with E-state index in [9.17, 15) is 0 Å². The second-order valence-electron chi connectivity index (χ2n) is 5.30. The normalized spacial score (nSPS) is 22.1. The van der Waals surface area contributed by atoms with Gasteiger partial charge in [-0.05, 0) is 31.9 Å². The molecular formula is C15H23N3O3. The van der Waals surface area contributed by atoms with Crippen LogP contribution in [0, 0.1) is 0 Å². The van der Waals surface area contributed by atoms with E-state index in [2.05, 4.69) is 17.2 Å². The molecule has 1 aromatic rings. The van der Waals surface area contributed by atoms with E-state index in [0.29, 0.717) is 24.0 Å². The first kappa shape index (κ1) is 15.4. The Hall–Kier alpha value is -1.95. The summed E-state index contributed by atoms with van der Waals surface area (Å²) in [7, 11) is 3.19. The molecule has 6 heteroatoms. The smallest absolute Gasteiger partial charge is 0.193 e. The predicted octanol–water partition coefficient (Wildman–Crippen LogP) is 2.00. The van der Waals surface area contributed by atoms with Gasteiger partial charge in [0.2, 0.25) is 0 Å². The van der Waals surface area contributed by atoms with Crippen LogP contribution in [0.2, 0.25) is 0 Å². The molecule has 1 aromatic carbocycles. The SMILES string of the molecule is COc1ccc(NC(N)=NCC2(C)CCCO2)cc1OC. The molecule has 1 aliphatic rings. The Labute approximate surface area is 125 Å². The minimum Gasteiger partial charge on any atom is -0.493 e. The molecule has 0 amide bonds. The minimum atomic E-state index is -0.191. The summed E-state index contributed by atoms with van der Waals surface area (Å²) in [5.41, 5.74) is 6.52. The summed E-state index contributed by atoms with van der Waals surface area (Å²) in [5.74, 6) is 1.67. The van der Waals surface area contributed by atoms with E-state index in [1.165, 1.54) is 0 Å². The fraction of sp³-hybridized carbons (Fsp3) is 0.533. The van der Waals surface area contributed by atoms with E-state index in [1.54, 1.807) is 14.2 Å². The Bertz CT molecular complexity index is 511. The van der Waals surface area contributed by atoms with Crippen molar-refractivity contribution in [3.63, 3.8) is 0 Å². The number of aliphatic imine (C=N–C) groups is 1. The molecule has 0 bridgehead atoms. The molecule has 1 fully saturated rings. The van der Waals surface area contributed by atoms with Gasteiger partial charge in [-0.2, -0.15) is 0 Å². The molecule has 0 saturated carbocycles. The Kier molecular flexibility index (Phi) is 4.90. The van der Waals surface area contributed by atoms with Gasteiger partial charge >= 0.3 is 0 Å². The second-order valence-corrected chi connectivity index (χ2v) is 5.30. The van der Waals surface area contributed by atoms with Crippen LogP contribution < -0.4 is 20.5 Å². The molecule has 1 unspecified atom stereocenters. The number of hydrogen-bond acceptors (Lipinski definition) is 4. The fourth-order valence-electron chi connectivity index (χ4n) is 2.32. The number of guanidine groups is 1. The van der Waals surface area contributed by atoms with E-state index >= 15 is 0 Å². The summed E-state index contributed by atoms with van der Waals surface area (Å²) in [5, 5.41) is 3.05. The maximum absolute atomic E-state index is 5.92. The lowest BCUT2D eigenvalue weighted by Gasteiger charge is -2.20. The standard InChI is InChI=1S/C15H23N3O3/c1-15(7-4-8-21-15)10-17-14(16)18-11-5-6-12(19-2)13(9-11)20-3/h5-6,9H,4,7-8,10H2,1-3H3,(H3,16,17,18). The van der Waals surface area contributed by atoms with E-state index in [-0.39, 0.29) is 5.60 Å². The van der Waals surface area contributed by atoms with Crippen molar-refractivity contribution >= 4 is 11.6 Å². The van der Waals surface area contributed by atoms with Crippen LogP contribution in [0.3, 0.4) is 0 Å². The van der Waals surface area contributed by atoms with Gasteiger partial charge in [-0.1, -0.05) is 0 Å². The molecule has 0 spiro atoms. The first-order valence-electron chi connectivity index (χ1n) is 6.99. The number of nitrogens with zero attached hydrogens (tertiary/aromatic N) is 1. The van der Waals surface area contributed by atoms with Crippen LogP contribution >= 0.6 is 0 Å². The van der Waals surface area contributed by atoms with Gasteiger partial charge in [0.05, 0.1) is 26.4 Å². The zero-order valence-corrected chi connectivity index (χ0v) is 12.8. The number of ether oxygens (including phenoxy) is 3. The van der Waals surface area contributed by atoms with E-state index in [0.717, 1.165) is 25.1 Å². The third kappa shape index (κ3) is 4.01. The van der Waals surface area contributed by atoms with Crippen molar-refractivity contribution in [1.82, 2.24) is 0 Å². The van der Waals surface area contributed by atoms with E-state index in [4.69, 9.17) is 19.9 Å². The largest absolute Gasteiger partial charge is 0.493 e. The van der Waals surface area contributed by atoms with E-state index < -0.39 is 0 Å². The van der Waals surface area contributed by atoms with Crippen LogP contribution in [-0.4, -0.2) is 38.9 Å². The molecule has 0 aliphatic carbocycles. The number of hydrogen-bond donors (Lipinski definition) is 2. The maximum atomic E-state index is 5.92. The van der Waals surface area contributed by atoms with Crippen molar-refractivity contribution in [2.75, 3.05) is 32.7 Å². The molecule has 6 nitrogen and oxygen atoms in total. The molecule has 1 saturated heterocycles. The number of rotatable bonds is 5. The molecule has 116 valence electrons. The van der Waals surface area contributed by atoms with Gasteiger partial charge in [-0.25, -0.2) is 0 Å². The van der Waals surface area contributed by atoms with Gasteiger partial charge < -0.3 is 25.3 Å². The average molecular weight is 293 g/mol. The molecule has 3 N–H and O–H groups in total. The van der Waals surface area contributed by atoms with Gasteiger partial charge in [0, 0.05) is 18.4 Å². The van der Waals surface area contributed by atoms with Gasteiger partial charge in [-0.15, -0.1) is 0 Å². The van der Waals surface area contributed by atoms with Crippen LogP contribution in [0.15, 0.2) is 23.2 Å². The molecule has 1 atom stereocenters. The third-order valence-corrected chi connectivity index (χ3v) is 3.54. The Morgan fingerprint density at radius 2 is 2.14 bits per heavy atom. The van der Waals surface area contributed by atoms with Crippen LogP contribution in [-0.2, 0) is 4.74 Å². The van der Waals surface area contributed by atoms with E-state index in [1.807, 2.05) is 18.2 Å². The highest BCUT2D eigenvalue weighted by Crippen LogP contribution is 2.29.